The number of rotatable bonds is 2. The van der Waals surface area contributed by atoms with Crippen LogP contribution in [0.15, 0.2) is 18.3 Å². The van der Waals surface area contributed by atoms with Crippen LogP contribution in [0.25, 0.3) is 5.69 Å². The van der Waals surface area contributed by atoms with Gasteiger partial charge in [0.1, 0.15) is 5.82 Å². The Labute approximate surface area is 117 Å². The molecule has 0 unspecified atom stereocenters. The maximum absolute atomic E-state index is 5.74. The van der Waals surface area contributed by atoms with Crippen molar-refractivity contribution in [3.63, 3.8) is 0 Å². The maximum Gasteiger partial charge on any atom is 0.241 e. The molecule has 8 heteroatoms. The summed E-state index contributed by atoms with van der Waals surface area (Å²) in [7, 11) is 2.13. The van der Waals surface area contributed by atoms with Crippen molar-refractivity contribution >= 4 is 17.7 Å². The number of hydrogen-bond acceptors (Lipinski definition) is 7. The first-order chi connectivity index (χ1) is 9.63. The standard InChI is InChI=1S/C12H18N8/c1-18-4-6-19(7-5-18)10-3-2-9(8-15-10)20-12(14)16-11(13)17-20/h2-3,8H,4-7H2,1H3,(H4,13,14,16,17). The second-order valence-electron chi connectivity index (χ2n) is 4.90. The minimum absolute atomic E-state index is 0.158. The van der Waals surface area contributed by atoms with E-state index in [1.165, 1.54) is 4.68 Å². The van der Waals surface area contributed by atoms with E-state index in [2.05, 4.69) is 31.9 Å². The highest BCUT2D eigenvalue weighted by atomic mass is 15.4. The minimum atomic E-state index is 0.158. The summed E-state index contributed by atoms with van der Waals surface area (Å²) in [6.07, 6.45) is 1.73. The fraction of sp³-hybridized carbons (Fsp3) is 0.417. The van der Waals surface area contributed by atoms with E-state index >= 15 is 0 Å². The zero-order chi connectivity index (χ0) is 14.1. The van der Waals surface area contributed by atoms with E-state index in [9.17, 15) is 0 Å². The summed E-state index contributed by atoms with van der Waals surface area (Å²) in [6, 6.07) is 3.89. The van der Waals surface area contributed by atoms with Crippen LogP contribution in [0.3, 0.4) is 0 Å². The van der Waals surface area contributed by atoms with E-state index in [1.54, 1.807) is 6.20 Å². The van der Waals surface area contributed by atoms with Gasteiger partial charge in [0.25, 0.3) is 0 Å². The number of pyridine rings is 1. The second-order valence-corrected chi connectivity index (χ2v) is 4.90. The molecule has 0 saturated carbocycles. The molecule has 0 aromatic carbocycles. The van der Waals surface area contributed by atoms with E-state index < -0.39 is 0 Å². The van der Waals surface area contributed by atoms with Gasteiger partial charge in [-0.3, -0.25) is 0 Å². The van der Waals surface area contributed by atoms with Crippen molar-refractivity contribution in [3.05, 3.63) is 18.3 Å². The zero-order valence-electron chi connectivity index (χ0n) is 11.4. The van der Waals surface area contributed by atoms with Gasteiger partial charge in [-0.05, 0) is 19.2 Å². The Morgan fingerprint density at radius 1 is 1.10 bits per heavy atom. The van der Waals surface area contributed by atoms with E-state index in [-0.39, 0.29) is 11.9 Å². The lowest BCUT2D eigenvalue weighted by atomic mass is 10.3. The van der Waals surface area contributed by atoms with Crippen LogP contribution in [-0.2, 0) is 0 Å². The molecule has 0 aliphatic carbocycles. The number of hydrogen-bond donors (Lipinski definition) is 2. The molecule has 0 radical (unpaired) electrons. The smallest absolute Gasteiger partial charge is 0.241 e. The Morgan fingerprint density at radius 2 is 1.85 bits per heavy atom. The Bertz CT molecular complexity index is 582. The number of nitrogen functional groups attached to an aromatic ring is 2. The molecule has 1 aliphatic heterocycles. The van der Waals surface area contributed by atoms with Crippen molar-refractivity contribution in [1.29, 1.82) is 0 Å². The summed E-state index contributed by atoms with van der Waals surface area (Å²) in [5, 5.41) is 4.03. The molecule has 3 rings (SSSR count). The third kappa shape index (κ3) is 2.37. The van der Waals surface area contributed by atoms with E-state index in [0.29, 0.717) is 0 Å². The van der Waals surface area contributed by atoms with Crippen molar-refractivity contribution in [1.82, 2.24) is 24.6 Å². The van der Waals surface area contributed by atoms with Gasteiger partial charge in [0.05, 0.1) is 11.9 Å². The summed E-state index contributed by atoms with van der Waals surface area (Å²) in [5.74, 6) is 1.39. The average Bonchev–Trinajstić information content (AvgIpc) is 2.79. The summed E-state index contributed by atoms with van der Waals surface area (Å²) >= 11 is 0. The van der Waals surface area contributed by atoms with Crippen LogP contribution in [0, 0.1) is 0 Å². The first-order valence-electron chi connectivity index (χ1n) is 6.51. The van der Waals surface area contributed by atoms with Gasteiger partial charge in [-0.1, -0.05) is 0 Å². The first-order valence-corrected chi connectivity index (χ1v) is 6.51. The predicted octanol–water partition coefficient (Wildman–Crippen LogP) is -0.421. The maximum atomic E-state index is 5.74. The van der Waals surface area contributed by atoms with Crippen LogP contribution in [0.2, 0.25) is 0 Å². The lowest BCUT2D eigenvalue weighted by molar-refractivity contribution is 0.312. The van der Waals surface area contributed by atoms with Crippen LogP contribution in [0.4, 0.5) is 17.7 Å². The Kier molecular flexibility index (Phi) is 3.15. The van der Waals surface area contributed by atoms with E-state index in [0.717, 1.165) is 37.7 Å². The monoisotopic (exact) mass is 274 g/mol. The predicted molar refractivity (Wildman–Crippen MR) is 77.7 cm³/mol. The van der Waals surface area contributed by atoms with E-state index in [1.807, 2.05) is 12.1 Å². The molecule has 0 amide bonds. The van der Waals surface area contributed by atoms with Gasteiger partial charge in [-0.15, -0.1) is 5.10 Å². The highest BCUT2D eigenvalue weighted by Gasteiger charge is 2.15. The third-order valence-electron chi connectivity index (χ3n) is 3.45. The average molecular weight is 274 g/mol. The summed E-state index contributed by atoms with van der Waals surface area (Å²) < 4.78 is 1.48. The van der Waals surface area contributed by atoms with Crippen molar-refractivity contribution in [3.8, 4) is 5.69 Å². The van der Waals surface area contributed by atoms with Crippen molar-refractivity contribution in [2.45, 2.75) is 0 Å². The SMILES string of the molecule is CN1CCN(c2ccc(-n3nc(N)nc3N)cn2)CC1. The van der Waals surface area contributed by atoms with Gasteiger partial charge < -0.3 is 21.3 Å². The molecule has 0 atom stereocenters. The normalized spacial score (nSPS) is 16.6. The molecule has 2 aromatic heterocycles. The van der Waals surface area contributed by atoms with Crippen LogP contribution < -0.4 is 16.4 Å². The summed E-state index contributed by atoms with van der Waals surface area (Å²) in [6.45, 7) is 4.08. The molecule has 8 nitrogen and oxygen atoms in total. The number of aromatic nitrogens is 4. The van der Waals surface area contributed by atoms with Gasteiger partial charge in [0, 0.05) is 26.2 Å². The highest BCUT2D eigenvalue weighted by Crippen LogP contribution is 2.17. The number of piperazine rings is 1. The molecule has 2 aromatic rings. The molecule has 4 N–H and O–H groups in total. The quantitative estimate of drug-likeness (QED) is 0.766. The summed E-state index contributed by atoms with van der Waals surface area (Å²) in [4.78, 5) is 12.9. The Balaban J connectivity index is 1.79. The first kappa shape index (κ1) is 12.7. The van der Waals surface area contributed by atoms with Crippen molar-refractivity contribution in [2.24, 2.45) is 0 Å². The molecule has 0 spiro atoms. The number of anilines is 3. The fourth-order valence-electron chi connectivity index (χ4n) is 2.26. The van der Waals surface area contributed by atoms with Crippen molar-refractivity contribution < 1.29 is 0 Å². The van der Waals surface area contributed by atoms with Crippen LogP contribution in [-0.4, -0.2) is 57.9 Å². The number of likely N-dealkylation sites (N-methyl/N-ethyl adjacent to an activating group) is 1. The molecule has 1 fully saturated rings. The highest BCUT2D eigenvalue weighted by molar-refractivity contribution is 5.46. The van der Waals surface area contributed by atoms with Gasteiger partial charge >= 0.3 is 0 Å². The molecule has 1 aliphatic rings. The van der Waals surface area contributed by atoms with Gasteiger partial charge in [0.2, 0.25) is 11.9 Å². The molecule has 1 saturated heterocycles. The van der Waals surface area contributed by atoms with Gasteiger partial charge in [-0.25, -0.2) is 4.98 Å². The molecule has 20 heavy (non-hydrogen) atoms. The molecule has 106 valence electrons. The van der Waals surface area contributed by atoms with Crippen molar-refractivity contribution in [2.75, 3.05) is 49.6 Å². The molecule has 3 heterocycles. The molecular weight excluding hydrogens is 256 g/mol. The largest absolute Gasteiger partial charge is 0.368 e. The number of nitrogens with zero attached hydrogens (tertiary/aromatic N) is 6. The van der Waals surface area contributed by atoms with Crippen LogP contribution in [0.1, 0.15) is 0 Å². The lowest BCUT2D eigenvalue weighted by Gasteiger charge is -2.33. The fourth-order valence-corrected chi connectivity index (χ4v) is 2.26. The minimum Gasteiger partial charge on any atom is -0.368 e. The third-order valence-corrected chi connectivity index (χ3v) is 3.45. The number of nitrogens with two attached hydrogens (primary N) is 2. The Hall–Kier alpha value is -2.35. The molecular formula is C12H18N8. The lowest BCUT2D eigenvalue weighted by Crippen LogP contribution is -2.44. The van der Waals surface area contributed by atoms with Gasteiger partial charge in [-0.2, -0.15) is 9.67 Å². The van der Waals surface area contributed by atoms with Crippen LogP contribution >= 0.6 is 0 Å². The topological polar surface area (TPSA) is 102 Å². The summed E-state index contributed by atoms with van der Waals surface area (Å²) in [5.41, 5.74) is 12.0. The second kappa shape index (κ2) is 4.97. The molecule has 0 bridgehead atoms. The van der Waals surface area contributed by atoms with E-state index in [4.69, 9.17) is 11.5 Å². The van der Waals surface area contributed by atoms with Gasteiger partial charge in [0.15, 0.2) is 0 Å². The zero-order valence-corrected chi connectivity index (χ0v) is 11.4. The Morgan fingerprint density at radius 3 is 2.40 bits per heavy atom. The van der Waals surface area contributed by atoms with Crippen LogP contribution in [0.5, 0.6) is 0 Å².